The molecule has 7 heteroatoms. The fourth-order valence-corrected chi connectivity index (χ4v) is 4.55. The second-order valence-electron chi connectivity index (χ2n) is 9.16. The van der Waals surface area contributed by atoms with Crippen molar-refractivity contribution in [3.05, 3.63) is 24.3 Å². The molecule has 2 aliphatic rings. The van der Waals surface area contributed by atoms with Gasteiger partial charge in [0.15, 0.2) is 5.96 Å². The number of hydrogen-bond acceptors (Lipinski definition) is 4. The normalized spacial score (nSPS) is 23.0. The first kappa shape index (κ1) is 25.0. The number of aliphatic imine (C=N–C) groups is 1. The number of hydrogen-bond donors (Lipinski definition) is 1. The zero-order valence-corrected chi connectivity index (χ0v) is 21.5. The molecule has 2 fully saturated rings. The molecule has 0 aromatic heterocycles. The van der Waals surface area contributed by atoms with Gasteiger partial charge in [0.25, 0.3) is 0 Å². The van der Waals surface area contributed by atoms with E-state index in [1.807, 2.05) is 13.1 Å². The molecule has 0 bridgehead atoms. The Labute approximate surface area is 199 Å². The number of piperazine rings is 1. The van der Waals surface area contributed by atoms with Crippen LogP contribution >= 0.6 is 24.0 Å². The molecule has 0 spiro atoms. The van der Waals surface area contributed by atoms with Crippen molar-refractivity contribution >= 4 is 35.6 Å². The van der Waals surface area contributed by atoms with Gasteiger partial charge in [0.1, 0.15) is 5.75 Å². The summed E-state index contributed by atoms with van der Waals surface area (Å²) in [5.41, 5.74) is 1.39. The monoisotopic (exact) mass is 530 g/mol. The number of guanidine groups is 1. The Kier molecular flexibility index (Phi) is 9.53. The summed E-state index contributed by atoms with van der Waals surface area (Å²) in [5, 5.41) is 3.64. The van der Waals surface area contributed by atoms with Gasteiger partial charge in [-0.25, -0.2) is 0 Å². The fraction of sp³-hybridized carbons (Fsp3) is 0.696. The summed E-state index contributed by atoms with van der Waals surface area (Å²) in [5.74, 6) is 2.44. The van der Waals surface area contributed by atoms with Crippen molar-refractivity contribution in [2.75, 3.05) is 58.4 Å². The lowest BCUT2D eigenvalue weighted by Crippen LogP contribution is -2.54. The summed E-state index contributed by atoms with van der Waals surface area (Å²) in [4.78, 5) is 9.34. The summed E-state index contributed by atoms with van der Waals surface area (Å²) in [6.07, 6.45) is 2.67. The van der Waals surface area contributed by atoms with E-state index in [-0.39, 0.29) is 29.4 Å². The quantitative estimate of drug-likeness (QED) is 0.364. The fourth-order valence-electron chi connectivity index (χ4n) is 4.55. The Morgan fingerprint density at radius 3 is 2.60 bits per heavy atom. The molecule has 2 heterocycles. The van der Waals surface area contributed by atoms with Gasteiger partial charge in [-0.1, -0.05) is 26.8 Å². The Hall–Kier alpha value is -1.22. The van der Waals surface area contributed by atoms with Gasteiger partial charge in [0, 0.05) is 64.0 Å². The van der Waals surface area contributed by atoms with E-state index in [9.17, 15) is 0 Å². The number of ether oxygens (including phenoxy) is 2. The van der Waals surface area contributed by atoms with Crippen molar-refractivity contribution in [1.82, 2.24) is 10.2 Å². The Bertz CT molecular complexity index is 684. The molecule has 6 nitrogen and oxygen atoms in total. The minimum atomic E-state index is 0. The van der Waals surface area contributed by atoms with Crippen LogP contribution in [0.1, 0.15) is 33.6 Å². The van der Waals surface area contributed by atoms with Crippen molar-refractivity contribution in [1.29, 1.82) is 0 Å². The van der Waals surface area contributed by atoms with Crippen LogP contribution in [0, 0.1) is 11.3 Å². The topological polar surface area (TPSA) is 49.3 Å². The molecule has 2 saturated heterocycles. The molecule has 30 heavy (non-hydrogen) atoms. The molecule has 2 aliphatic heterocycles. The second-order valence-corrected chi connectivity index (χ2v) is 9.16. The summed E-state index contributed by atoms with van der Waals surface area (Å²) >= 11 is 0. The molecule has 3 rings (SSSR count). The summed E-state index contributed by atoms with van der Waals surface area (Å²) in [6.45, 7) is 12.5. The number of anilines is 1. The highest BCUT2D eigenvalue weighted by Crippen LogP contribution is 2.33. The van der Waals surface area contributed by atoms with Gasteiger partial charge < -0.3 is 24.6 Å². The summed E-state index contributed by atoms with van der Waals surface area (Å²) in [7, 11) is 3.60. The maximum absolute atomic E-state index is 6.14. The van der Waals surface area contributed by atoms with Crippen molar-refractivity contribution in [2.45, 2.75) is 39.7 Å². The van der Waals surface area contributed by atoms with E-state index in [1.54, 1.807) is 7.11 Å². The van der Waals surface area contributed by atoms with Gasteiger partial charge in [-0.3, -0.25) is 4.99 Å². The number of nitrogens with one attached hydrogen (secondary N) is 1. The molecule has 2 atom stereocenters. The van der Waals surface area contributed by atoms with E-state index in [2.05, 4.69) is 59.1 Å². The third kappa shape index (κ3) is 6.39. The zero-order valence-electron chi connectivity index (χ0n) is 19.2. The van der Waals surface area contributed by atoms with E-state index < -0.39 is 0 Å². The minimum absolute atomic E-state index is 0. The number of halogens is 1. The van der Waals surface area contributed by atoms with E-state index in [0.29, 0.717) is 12.0 Å². The average Bonchev–Trinajstić information content (AvgIpc) is 2.74. The predicted octanol–water partition coefficient (Wildman–Crippen LogP) is 3.85. The van der Waals surface area contributed by atoms with Crippen molar-refractivity contribution in [2.24, 2.45) is 16.3 Å². The molecule has 0 saturated carbocycles. The molecule has 1 aromatic rings. The lowest BCUT2D eigenvalue weighted by molar-refractivity contribution is -0.0836. The van der Waals surface area contributed by atoms with Crippen LogP contribution < -0.4 is 15.0 Å². The maximum atomic E-state index is 6.14. The smallest absolute Gasteiger partial charge is 0.193 e. The molecular formula is C23H39IN4O2. The highest BCUT2D eigenvalue weighted by Gasteiger charge is 2.35. The van der Waals surface area contributed by atoms with Crippen LogP contribution in [0.2, 0.25) is 0 Å². The van der Waals surface area contributed by atoms with Gasteiger partial charge in [0.05, 0.1) is 13.2 Å². The van der Waals surface area contributed by atoms with Crippen LogP contribution in [0.15, 0.2) is 29.3 Å². The molecule has 0 amide bonds. The van der Waals surface area contributed by atoms with Gasteiger partial charge in [-0.15, -0.1) is 24.0 Å². The second kappa shape index (κ2) is 11.4. The van der Waals surface area contributed by atoms with Crippen molar-refractivity contribution < 1.29 is 9.47 Å². The SMILES string of the molecule is CN=C(NCC1CCCOC1C(C)(C)C)N1CCN(c2cccc(OC)c2)CC1.I. The van der Waals surface area contributed by atoms with Gasteiger partial charge in [-0.05, 0) is 30.4 Å². The highest BCUT2D eigenvalue weighted by molar-refractivity contribution is 14.0. The highest BCUT2D eigenvalue weighted by atomic mass is 127. The lowest BCUT2D eigenvalue weighted by Gasteiger charge is -2.41. The molecule has 0 radical (unpaired) electrons. The Balaban J connectivity index is 0.00000320. The van der Waals surface area contributed by atoms with Crippen molar-refractivity contribution in [3.63, 3.8) is 0 Å². The third-order valence-electron chi connectivity index (χ3n) is 6.03. The largest absolute Gasteiger partial charge is 0.497 e. The predicted molar refractivity (Wildman–Crippen MR) is 135 cm³/mol. The molecule has 2 unspecified atom stereocenters. The first-order valence-corrected chi connectivity index (χ1v) is 10.9. The molecule has 0 aliphatic carbocycles. The van der Waals surface area contributed by atoms with E-state index in [0.717, 1.165) is 57.5 Å². The molecule has 170 valence electrons. The van der Waals surface area contributed by atoms with E-state index in [4.69, 9.17) is 9.47 Å². The van der Waals surface area contributed by atoms with Crippen LogP contribution in [0.25, 0.3) is 0 Å². The Morgan fingerprint density at radius 1 is 1.23 bits per heavy atom. The lowest BCUT2D eigenvalue weighted by atomic mass is 9.78. The number of nitrogens with zero attached hydrogens (tertiary/aromatic N) is 3. The third-order valence-corrected chi connectivity index (χ3v) is 6.03. The van der Waals surface area contributed by atoms with Crippen LogP contribution in [0.4, 0.5) is 5.69 Å². The van der Waals surface area contributed by atoms with Crippen LogP contribution in [-0.2, 0) is 4.74 Å². The molecule has 1 N–H and O–H groups in total. The standard InChI is InChI=1S/C23H38N4O2.HI/c1-23(2,3)21-18(8-7-15-29-21)17-25-22(24-4)27-13-11-26(12-14-27)19-9-6-10-20(16-19)28-5;/h6,9-10,16,18,21H,7-8,11-15,17H2,1-5H3,(H,24,25);1H. The first-order chi connectivity index (χ1) is 13.9. The van der Waals surface area contributed by atoms with E-state index >= 15 is 0 Å². The number of rotatable bonds is 4. The number of methoxy groups -OCH3 is 1. The minimum Gasteiger partial charge on any atom is -0.497 e. The zero-order chi connectivity index (χ0) is 20.9. The van der Waals surface area contributed by atoms with Gasteiger partial charge >= 0.3 is 0 Å². The van der Waals surface area contributed by atoms with Crippen LogP contribution in [0.5, 0.6) is 5.75 Å². The number of benzene rings is 1. The van der Waals surface area contributed by atoms with Crippen molar-refractivity contribution in [3.8, 4) is 5.75 Å². The maximum Gasteiger partial charge on any atom is 0.193 e. The summed E-state index contributed by atoms with van der Waals surface area (Å²) in [6, 6.07) is 8.31. The van der Waals surface area contributed by atoms with Gasteiger partial charge in [0.2, 0.25) is 0 Å². The molecule has 1 aromatic carbocycles. The van der Waals surface area contributed by atoms with Crippen LogP contribution in [-0.4, -0.2) is 70.5 Å². The van der Waals surface area contributed by atoms with Crippen LogP contribution in [0.3, 0.4) is 0 Å². The summed E-state index contributed by atoms with van der Waals surface area (Å²) < 4.78 is 11.5. The Morgan fingerprint density at radius 2 is 1.97 bits per heavy atom. The first-order valence-electron chi connectivity index (χ1n) is 10.9. The average molecular weight is 530 g/mol. The molecular weight excluding hydrogens is 491 g/mol. The van der Waals surface area contributed by atoms with E-state index in [1.165, 1.54) is 12.1 Å². The van der Waals surface area contributed by atoms with Gasteiger partial charge in [-0.2, -0.15) is 0 Å².